The molecule has 1 unspecified atom stereocenters. The number of hydrogen-bond donors (Lipinski definition) is 0. The summed E-state index contributed by atoms with van der Waals surface area (Å²) in [6.45, 7) is 4.55. The van der Waals surface area contributed by atoms with E-state index in [9.17, 15) is 13.0 Å². The molecule has 0 bridgehead atoms. The first-order chi connectivity index (χ1) is 22.0. The van der Waals surface area contributed by atoms with Crippen molar-refractivity contribution in [2.24, 2.45) is 5.92 Å². The van der Waals surface area contributed by atoms with Crippen LogP contribution in [0.4, 0.5) is 0 Å². The molecule has 0 aliphatic rings. The van der Waals surface area contributed by atoms with Gasteiger partial charge in [0, 0.05) is 5.92 Å². The molecule has 0 saturated carbocycles. The Balaban J connectivity index is 0. The Kier molecular flexibility index (Phi) is 42.4. The van der Waals surface area contributed by atoms with Crippen molar-refractivity contribution in [3.05, 3.63) is 12.2 Å². The molecule has 0 aliphatic heterocycles. The van der Waals surface area contributed by atoms with Gasteiger partial charge in [-0.2, -0.15) is 0 Å². The van der Waals surface area contributed by atoms with Crippen molar-refractivity contribution in [1.29, 1.82) is 0 Å². The van der Waals surface area contributed by atoms with E-state index < -0.39 is 10.4 Å². The Morgan fingerprint density at radius 1 is 0.478 bits per heavy atom. The zero-order chi connectivity index (χ0) is 32.9. The molecule has 0 amide bonds. The summed E-state index contributed by atoms with van der Waals surface area (Å²) in [4.78, 5) is 0. The first kappa shape index (κ1) is 48.7. The van der Waals surface area contributed by atoms with Crippen molar-refractivity contribution in [3.63, 3.8) is 0 Å². The van der Waals surface area contributed by atoms with E-state index in [1.807, 2.05) is 0 Å². The Hall–Kier alpha value is 0.610. The molecule has 0 N–H and O–H groups in total. The summed E-state index contributed by atoms with van der Waals surface area (Å²) in [5.74, 6) is 0.0152. The third-order valence-corrected chi connectivity index (χ3v) is 9.91. The number of allylic oxidation sites excluding steroid dienone is 1. The molecule has 0 aromatic rings. The molecule has 0 fully saturated rings. The van der Waals surface area contributed by atoms with Crippen molar-refractivity contribution < 1.29 is 46.7 Å². The molecule has 6 heteroatoms. The van der Waals surface area contributed by atoms with Crippen LogP contribution in [-0.2, 0) is 14.6 Å². The summed E-state index contributed by atoms with van der Waals surface area (Å²) in [7, 11) is -4.63. The molecule has 0 heterocycles. The van der Waals surface area contributed by atoms with E-state index in [1.54, 1.807) is 0 Å². The van der Waals surface area contributed by atoms with Crippen LogP contribution in [0.2, 0.25) is 0 Å². The second-order valence-corrected chi connectivity index (χ2v) is 15.1. The summed E-state index contributed by atoms with van der Waals surface area (Å²) in [6.07, 6.45) is 49.7. The van der Waals surface area contributed by atoms with Gasteiger partial charge in [-0.15, -0.1) is 0 Å². The van der Waals surface area contributed by atoms with Gasteiger partial charge in [0.1, 0.15) is 0 Å². The van der Waals surface area contributed by atoms with Crippen molar-refractivity contribution in [2.45, 2.75) is 232 Å². The summed E-state index contributed by atoms with van der Waals surface area (Å²) >= 11 is 0. The average molecular weight is 679 g/mol. The van der Waals surface area contributed by atoms with E-state index in [0.717, 1.165) is 19.3 Å². The Morgan fingerprint density at radius 3 is 1.07 bits per heavy atom. The third-order valence-electron chi connectivity index (χ3n) is 9.49. The van der Waals surface area contributed by atoms with Crippen LogP contribution in [0.15, 0.2) is 12.2 Å². The third kappa shape index (κ3) is 42.6. The summed E-state index contributed by atoms with van der Waals surface area (Å²) in [5, 5.41) is 0. The normalized spacial score (nSPS) is 12.6. The van der Waals surface area contributed by atoms with Gasteiger partial charge in [0.2, 0.25) is 10.4 Å². The number of hydrogen-bond acceptors (Lipinski definition) is 4. The molecule has 0 aromatic carbocycles. The van der Waals surface area contributed by atoms with Crippen molar-refractivity contribution in [3.8, 4) is 0 Å². The molecule has 0 radical (unpaired) electrons. The minimum absolute atomic E-state index is 0. The monoisotopic (exact) mass is 679 g/mol. The molecule has 0 rings (SSSR count). The van der Waals surface area contributed by atoms with Gasteiger partial charge < -0.3 is 4.55 Å². The second kappa shape index (κ2) is 40.0. The molecular weight excluding hydrogens is 599 g/mol. The first-order valence-corrected chi connectivity index (χ1v) is 21.6. The van der Waals surface area contributed by atoms with E-state index in [0.29, 0.717) is 0 Å². The van der Waals surface area contributed by atoms with Gasteiger partial charge in [0.25, 0.3) is 0 Å². The van der Waals surface area contributed by atoms with Gasteiger partial charge >= 0.3 is 29.6 Å². The largest absolute Gasteiger partial charge is 1.00 e. The predicted octanol–water partition coefficient (Wildman–Crippen LogP) is 10.9. The van der Waals surface area contributed by atoms with Crippen molar-refractivity contribution >= 4 is 10.4 Å². The predicted molar refractivity (Wildman–Crippen MR) is 197 cm³/mol. The van der Waals surface area contributed by atoms with E-state index in [-0.39, 0.29) is 42.1 Å². The molecular formula is C40H79NaO4S. The second-order valence-electron chi connectivity index (χ2n) is 14.1. The molecule has 270 valence electrons. The van der Waals surface area contributed by atoms with Crippen LogP contribution in [0.25, 0.3) is 0 Å². The maximum absolute atomic E-state index is 11.0. The fraction of sp³-hybridized carbons (Fsp3) is 0.950. The standard InChI is InChI=1S/C40H80O4S.Na/c1-3-5-7-9-11-13-15-17-19-21-22-24-26-28-30-32-34-36-38-40(39-44-45(41,42)43)37-35-33-31-29-27-25-23-20-18-16-14-12-10-8-6-4-2;/h35,37,40H,3-34,36,38-39H2,1-2H3,(H,41,42,43);/q;+1/p-1/b37-35+;. The molecule has 0 aliphatic carbocycles. The van der Waals surface area contributed by atoms with E-state index in [4.69, 9.17) is 0 Å². The van der Waals surface area contributed by atoms with Gasteiger partial charge in [0.15, 0.2) is 0 Å². The minimum atomic E-state index is -4.63. The van der Waals surface area contributed by atoms with Crippen molar-refractivity contribution in [1.82, 2.24) is 0 Å². The zero-order valence-corrected chi connectivity index (χ0v) is 34.3. The maximum Gasteiger partial charge on any atom is 1.00 e. The first-order valence-electron chi connectivity index (χ1n) is 20.3. The van der Waals surface area contributed by atoms with Crippen LogP contribution < -0.4 is 29.6 Å². The van der Waals surface area contributed by atoms with Gasteiger partial charge in [-0.05, 0) is 19.3 Å². The van der Waals surface area contributed by atoms with Gasteiger partial charge in [-0.1, -0.05) is 225 Å². The van der Waals surface area contributed by atoms with Crippen LogP contribution in [0.5, 0.6) is 0 Å². The molecule has 4 nitrogen and oxygen atoms in total. The van der Waals surface area contributed by atoms with Crippen molar-refractivity contribution in [2.75, 3.05) is 6.61 Å². The van der Waals surface area contributed by atoms with Gasteiger partial charge in [-0.3, -0.25) is 4.18 Å². The maximum atomic E-state index is 11.0. The number of unbranched alkanes of at least 4 members (excludes halogenated alkanes) is 31. The van der Waals surface area contributed by atoms with E-state index in [1.165, 1.54) is 199 Å². The van der Waals surface area contributed by atoms with E-state index >= 15 is 0 Å². The summed E-state index contributed by atoms with van der Waals surface area (Å²) in [6, 6.07) is 0. The topological polar surface area (TPSA) is 66.4 Å². The molecule has 0 saturated heterocycles. The molecule has 0 spiro atoms. The average Bonchev–Trinajstić information content (AvgIpc) is 3.02. The van der Waals surface area contributed by atoms with Crippen LogP contribution in [0.1, 0.15) is 232 Å². The number of rotatable bonds is 38. The zero-order valence-electron chi connectivity index (χ0n) is 31.5. The molecule has 0 aromatic heterocycles. The molecule has 46 heavy (non-hydrogen) atoms. The van der Waals surface area contributed by atoms with Crippen LogP contribution in [0, 0.1) is 5.92 Å². The Bertz CT molecular complexity index is 697. The van der Waals surface area contributed by atoms with Gasteiger partial charge in [-0.25, -0.2) is 8.42 Å². The Labute approximate surface area is 312 Å². The summed E-state index contributed by atoms with van der Waals surface area (Å²) in [5.41, 5.74) is 0. The van der Waals surface area contributed by atoms with E-state index in [2.05, 4.69) is 30.2 Å². The SMILES string of the molecule is CCCCCCCCCCCCCCCC/C=C/C(CCCCCCCCCCCCCCCCCCCC)COS(=O)(=O)[O-].[Na+]. The summed E-state index contributed by atoms with van der Waals surface area (Å²) < 4.78 is 37.6. The van der Waals surface area contributed by atoms with Crippen LogP contribution >= 0.6 is 0 Å². The molecule has 1 atom stereocenters. The Morgan fingerprint density at radius 2 is 0.761 bits per heavy atom. The minimum Gasteiger partial charge on any atom is -0.726 e. The quantitative estimate of drug-likeness (QED) is 0.0214. The van der Waals surface area contributed by atoms with Gasteiger partial charge in [0.05, 0.1) is 6.61 Å². The van der Waals surface area contributed by atoms with Crippen LogP contribution in [0.3, 0.4) is 0 Å². The fourth-order valence-electron chi connectivity index (χ4n) is 6.46. The van der Waals surface area contributed by atoms with Crippen LogP contribution in [-0.4, -0.2) is 19.6 Å². The smallest absolute Gasteiger partial charge is 0.726 e. The fourth-order valence-corrected chi connectivity index (χ4v) is 6.80.